The minimum absolute atomic E-state index is 0.0260. The van der Waals surface area contributed by atoms with Crippen molar-refractivity contribution < 1.29 is 14.3 Å². The number of fused-ring (bicyclic) bond motifs is 2. The minimum atomic E-state index is -0.503. The number of carbonyl (C=O) groups is 2. The Bertz CT molecular complexity index is 882. The molecule has 4 rings (SSSR count). The summed E-state index contributed by atoms with van der Waals surface area (Å²) in [6.45, 7) is 6.70. The van der Waals surface area contributed by atoms with Crippen LogP contribution in [0.15, 0.2) is 16.7 Å². The van der Waals surface area contributed by atoms with Crippen molar-refractivity contribution in [3.8, 4) is 0 Å². The van der Waals surface area contributed by atoms with E-state index in [2.05, 4.69) is 31.2 Å². The van der Waals surface area contributed by atoms with E-state index in [9.17, 15) is 9.59 Å². The summed E-state index contributed by atoms with van der Waals surface area (Å²) in [7, 11) is 0. The highest BCUT2D eigenvalue weighted by Crippen LogP contribution is 2.52. The van der Waals surface area contributed by atoms with Crippen LogP contribution in [0.3, 0.4) is 0 Å². The zero-order valence-corrected chi connectivity index (χ0v) is 17.1. The third-order valence-electron chi connectivity index (χ3n) is 4.60. The Hall–Kier alpha value is -1.74. The molecule has 2 aromatic heterocycles. The van der Waals surface area contributed by atoms with Gasteiger partial charge >= 0.3 is 6.09 Å². The number of anilines is 1. The summed E-state index contributed by atoms with van der Waals surface area (Å²) in [4.78, 5) is 35.9. The van der Waals surface area contributed by atoms with Crippen LogP contribution in [0.5, 0.6) is 0 Å². The first-order valence-corrected chi connectivity index (χ1v) is 10.0. The van der Waals surface area contributed by atoms with Crippen molar-refractivity contribution in [3.05, 3.63) is 16.7 Å². The van der Waals surface area contributed by atoms with Crippen molar-refractivity contribution in [2.75, 3.05) is 18.4 Å². The summed E-state index contributed by atoms with van der Waals surface area (Å²) >= 11 is 4.69. The van der Waals surface area contributed by atoms with E-state index in [0.29, 0.717) is 18.2 Å². The van der Waals surface area contributed by atoms with E-state index in [0.717, 1.165) is 15.0 Å². The van der Waals surface area contributed by atoms with Crippen LogP contribution in [0.25, 0.3) is 10.3 Å². The van der Waals surface area contributed by atoms with Crippen LogP contribution in [0.1, 0.15) is 20.8 Å². The van der Waals surface area contributed by atoms with Crippen LogP contribution in [-0.2, 0) is 9.53 Å². The zero-order valence-electron chi connectivity index (χ0n) is 14.7. The fourth-order valence-electron chi connectivity index (χ4n) is 3.43. The minimum Gasteiger partial charge on any atom is -0.444 e. The van der Waals surface area contributed by atoms with Gasteiger partial charge in [0.05, 0.1) is 0 Å². The largest absolute Gasteiger partial charge is 0.444 e. The van der Waals surface area contributed by atoms with Gasteiger partial charge in [0.15, 0.2) is 5.13 Å². The monoisotopic (exact) mass is 438 g/mol. The van der Waals surface area contributed by atoms with Gasteiger partial charge in [-0.05, 0) is 60.7 Å². The number of likely N-dealkylation sites (tertiary alicyclic amines) is 1. The highest BCUT2D eigenvalue weighted by molar-refractivity contribution is 9.10. The fourth-order valence-corrected chi connectivity index (χ4v) is 4.70. The Balaban J connectivity index is 1.34. The maximum absolute atomic E-state index is 12.5. The van der Waals surface area contributed by atoms with E-state index in [1.807, 2.05) is 32.9 Å². The zero-order chi connectivity index (χ0) is 18.6. The van der Waals surface area contributed by atoms with Crippen LogP contribution in [0, 0.1) is 17.8 Å². The summed E-state index contributed by atoms with van der Waals surface area (Å²) in [5.74, 6) is 0.343. The van der Waals surface area contributed by atoms with Crippen molar-refractivity contribution in [1.29, 1.82) is 0 Å². The molecular formula is C17H19BrN4O3S. The first-order valence-electron chi connectivity index (χ1n) is 8.43. The van der Waals surface area contributed by atoms with Gasteiger partial charge in [0.1, 0.15) is 20.6 Å². The van der Waals surface area contributed by atoms with Gasteiger partial charge in [0.25, 0.3) is 0 Å². The Morgan fingerprint density at radius 1 is 1.27 bits per heavy atom. The van der Waals surface area contributed by atoms with Crippen molar-refractivity contribution in [3.63, 3.8) is 0 Å². The number of pyridine rings is 1. The Labute approximate surface area is 163 Å². The summed E-state index contributed by atoms with van der Waals surface area (Å²) in [6, 6.07) is 3.69. The summed E-state index contributed by atoms with van der Waals surface area (Å²) in [5.41, 5.74) is 0.261. The van der Waals surface area contributed by atoms with Gasteiger partial charge in [-0.2, -0.15) is 0 Å². The Kier molecular flexibility index (Phi) is 4.18. The molecular weight excluding hydrogens is 420 g/mol. The predicted molar refractivity (Wildman–Crippen MR) is 102 cm³/mol. The van der Waals surface area contributed by atoms with Crippen LogP contribution < -0.4 is 5.32 Å². The van der Waals surface area contributed by atoms with Gasteiger partial charge in [0, 0.05) is 19.0 Å². The molecule has 1 saturated carbocycles. The van der Waals surface area contributed by atoms with Gasteiger partial charge in [-0.1, -0.05) is 11.3 Å². The number of thiazole rings is 1. The van der Waals surface area contributed by atoms with Crippen molar-refractivity contribution >= 4 is 54.7 Å². The average Bonchev–Trinajstić information content (AvgIpc) is 2.88. The number of aromatic nitrogens is 2. The molecule has 1 aliphatic heterocycles. The molecule has 2 aromatic rings. The number of rotatable bonds is 2. The second-order valence-corrected chi connectivity index (χ2v) is 9.50. The number of ether oxygens (including phenoxy) is 1. The lowest BCUT2D eigenvalue weighted by Gasteiger charge is -2.25. The Morgan fingerprint density at radius 3 is 2.62 bits per heavy atom. The lowest BCUT2D eigenvalue weighted by molar-refractivity contribution is -0.118. The van der Waals surface area contributed by atoms with Gasteiger partial charge in [0.2, 0.25) is 5.91 Å². The molecule has 2 amide bonds. The van der Waals surface area contributed by atoms with E-state index in [1.165, 1.54) is 11.3 Å². The van der Waals surface area contributed by atoms with Crippen LogP contribution in [-0.4, -0.2) is 45.6 Å². The Morgan fingerprint density at radius 2 is 1.96 bits per heavy atom. The molecule has 1 unspecified atom stereocenters. The average molecular weight is 439 g/mol. The molecule has 26 heavy (non-hydrogen) atoms. The lowest BCUT2D eigenvalue weighted by Crippen LogP contribution is -2.38. The third-order valence-corrected chi connectivity index (χ3v) is 5.92. The normalized spacial score (nSPS) is 24.5. The number of hydrogen-bond acceptors (Lipinski definition) is 6. The van der Waals surface area contributed by atoms with E-state index >= 15 is 0 Å². The van der Waals surface area contributed by atoms with Crippen LogP contribution in [0.4, 0.5) is 9.93 Å². The number of halogens is 1. The molecule has 1 saturated heterocycles. The number of piperidine rings is 1. The summed E-state index contributed by atoms with van der Waals surface area (Å²) in [5, 5.41) is 3.46. The molecule has 0 spiro atoms. The predicted octanol–water partition coefficient (Wildman–Crippen LogP) is 3.51. The van der Waals surface area contributed by atoms with Gasteiger partial charge in [-0.25, -0.2) is 14.8 Å². The molecule has 138 valence electrons. The van der Waals surface area contributed by atoms with E-state index < -0.39 is 5.60 Å². The highest BCUT2D eigenvalue weighted by Gasteiger charge is 2.60. The standard InChI is InChI=1S/C17H19BrN4O3S/c1-17(2,3)25-16(24)22-6-8-9(7-22)12(8)13(23)21-15-19-10-4-5-11(18)20-14(10)26-15/h4-5,8-9,12H,6-7H2,1-3H3,(H,19,21,23)/t8-,9+,12?. The fraction of sp³-hybridized carbons (Fsp3) is 0.529. The topological polar surface area (TPSA) is 84.4 Å². The van der Waals surface area contributed by atoms with Crippen LogP contribution >= 0.6 is 27.3 Å². The number of carbonyl (C=O) groups excluding carboxylic acids is 2. The second-order valence-electron chi connectivity index (χ2n) is 7.71. The number of amides is 2. The number of nitrogens with one attached hydrogen (secondary N) is 1. The molecule has 0 radical (unpaired) electrons. The second kappa shape index (κ2) is 6.16. The molecule has 3 heterocycles. The van der Waals surface area contributed by atoms with E-state index in [-0.39, 0.29) is 29.8 Å². The van der Waals surface area contributed by atoms with Crippen molar-refractivity contribution in [2.24, 2.45) is 17.8 Å². The molecule has 0 bridgehead atoms. The maximum Gasteiger partial charge on any atom is 0.410 e. The first-order chi connectivity index (χ1) is 12.2. The summed E-state index contributed by atoms with van der Waals surface area (Å²) in [6.07, 6.45) is -0.299. The highest BCUT2D eigenvalue weighted by atomic mass is 79.9. The molecule has 2 aliphatic rings. The summed E-state index contributed by atoms with van der Waals surface area (Å²) < 4.78 is 6.13. The van der Waals surface area contributed by atoms with Crippen LogP contribution in [0.2, 0.25) is 0 Å². The molecule has 7 nitrogen and oxygen atoms in total. The van der Waals surface area contributed by atoms with Crippen molar-refractivity contribution in [2.45, 2.75) is 26.4 Å². The van der Waals surface area contributed by atoms with E-state index in [4.69, 9.17) is 4.74 Å². The maximum atomic E-state index is 12.5. The molecule has 1 N–H and O–H groups in total. The van der Waals surface area contributed by atoms with E-state index in [1.54, 1.807) is 4.90 Å². The first kappa shape index (κ1) is 17.7. The lowest BCUT2D eigenvalue weighted by atomic mass is 10.2. The number of hydrogen-bond donors (Lipinski definition) is 1. The quantitative estimate of drug-likeness (QED) is 0.725. The number of nitrogens with zero attached hydrogens (tertiary/aromatic N) is 3. The molecule has 9 heteroatoms. The van der Waals surface area contributed by atoms with Gasteiger partial charge < -0.3 is 15.0 Å². The third kappa shape index (κ3) is 3.42. The van der Waals surface area contributed by atoms with Gasteiger partial charge in [-0.3, -0.25) is 4.79 Å². The molecule has 2 fully saturated rings. The molecule has 3 atom stereocenters. The molecule has 0 aromatic carbocycles. The SMILES string of the molecule is CC(C)(C)OC(=O)N1C[C@@H]2C(C(=O)Nc3nc4ccc(Br)nc4s3)[C@@H]2C1. The van der Waals surface area contributed by atoms with Crippen molar-refractivity contribution in [1.82, 2.24) is 14.9 Å². The molecule has 1 aliphatic carbocycles. The van der Waals surface area contributed by atoms with Gasteiger partial charge in [-0.15, -0.1) is 0 Å². The smallest absolute Gasteiger partial charge is 0.410 e.